The minimum absolute atomic E-state index is 0.00286. The molecule has 0 saturated heterocycles. The smallest absolute Gasteiger partial charge is 0.242 e. The molecular formula is C23H32N2O2S3. The first kappa shape index (κ1) is 25.0. The van der Waals surface area contributed by atoms with Gasteiger partial charge in [-0.15, -0.1) is 35.3 Å². The summed E-state index contributed by atoms with van der Waals surface area (Å²) in [6.07, 6.45) is 8.79. The first-order chi connectivity index (χ1) is 14.5. The molecule has 4 nitrogen and oxygen atoms in total. The molecule has 0 aliphatic rings. The molecule has 7 heteroatoms. The van der Waals surface area contributed by atoms with Crippen molar-refractivity contribution in [2.45, 2.75) is 54.7 Å². The van der Waals surface area contributed by atoms with E-state index in [4.69, 9.17) is 4.74 Å². The van der Waals surface area contributed by atoms with Gasteiger partial charge in [0.25, 0.3) is 0 Å². The van der Waals surface area contributed by atoms with Crippen molar-refractivity contribution in [3.63, 3.8) is 0 Å². The number of methoxy groups -OCH3 is 1. The Bertz CT molecular complexity index is 788. The molecule has 0 aliphatic carbocycles. The van der Waals surface area contributed by atoms with Crippen molar-refractivity contribution in [3.8, 4) is 5.75 Å². The van der Waals surface area contributed by atoms with Crippen LogP contribution in [-0.2, 0) is 4.79 Å². The lowest BCUT2D eigenvalue weighted by molar-refractivity contribution is -0.115. The Hall–Kier alpha value is -1.31. The Morgan fingerprint density at radius 3 is 2.47 bits per heavy atom. The van der Waals surface area contributed by atoms with Gasteiger partial charge in [-0.2, -0.15) is 0 Å². The van der Waals surface area contributed by atoms with Crippen LogP contribution in [0.15, 0.2) is 40.3 Å². The van der Waals surface area contributed by atoms with E-state index in [1.807, 2.05) is 49.8 Å². The molecule has 1 amide bonds. The molecule has 30 heavy (non-hydrogen) atoms. The maximum Gasteiger partial charge on any atom is 0.242 e. The van der Waals surface area contributed by atoms with Gasteiger partial charge < -0.3 is 10.1 Å². The summed E-state index contributed by atoms with van der Waals surface area (Å²) in [5.41, 5.74) is 2.76. The Labute approximate surface area is 193 Å². The molecule has 0 fully saturated rings. The Kier molecular flexibility index (Phi) is 11.0. The lowest BCUT2D eigenvalue weighted by Gasteiger charge is -2.20. The third-order valence-electron chi connectivity index (χ3n) is 4.68. The van der Waals surface area contributed by atoms with E-state index in [9.17, 15) is 4.79 Å². The highest BCUT2D eigenvalue weighted by atomic mass is 32.2. The van der Waals surface area contributed by atoms with E-state index < -0.39 is 0 Å². The number of unbranched alkanes of at least 4 members (excludes halogenated alkanes) is 3. The maximum absolute atomic E-state index is 13.4. The van der Waals surface area contributed by atoms with Crippen LogP contribution in [0.3, 0.4) is 0 Å². The molecule has 1 atom stereocenters. The quantitative estimate of drug-likeness (QED) is 0.274. The van der Waals surface area contributed by atoms with Crippen molar-refractivity contribution in [2.24, 2.45) is 0 Å². The summed E-state index contributed by atoms with van der Waals surface area (Å²) in [7, 11) is 1.65. The Morgan fingerprint density at radius 2 is 1.87 bits per heavy atom. The van der Waals surface area contributed by atoms with Crippen molar-refractivity contribution < 1.29 is 9.53 Å². The third kappa shape index (κ3) is 7.13. The monoisotopic (exact) mass is 464 g/mol. The number of ether oxygens (including phenoxy) is 1. The molecule has 2 aromatic rings. The van der Waals surface area contributed by atoms with Gasteiger partial charge in [0, 0.05) is 10.6 Å². The summed E-state index contributed by atoms with van der Waals surface area (Å²) < 4.78 is 5.28. The zero-order chi connectivity index (χ0) is 21.9. The molecule has 164 valence electrons. The van der Waals surface area contributed by atoms with Crippen molar-refractivity contribution in [1.29, 1.82) is 0 Å². The zero-order valence-electron chi connectivity index (χ0n) is 18.5. The van der Waals surface area contributed by atoms with Gasteiger partial charge in [-0.1, -0.05) is 38.3 Å². The topological polar surface area (TPSA) is 51.2 Å². The van der Waals surface area contributed by atoms with E-state index >= 15 is 0 Å². The van der Waals surface area contributed by atoms with E-state index in [0.717, 1.165) is 44.8 Å². The SMILES string of the molecule is CCCCCCSC(C(=O)Nc1c(SC)cc(C)nc1SC)c1ccc(OC)cc1. The average Bonchev–Trinajstić information content (AvgIpc) is 2.77. The lowest BCUT2D eigenvalue weighted by Crippen LogP contribution is -2.20. The standard InChI is InChI=1S/C23H32N2O2S3/c1-6-7-8-9-14-30-21(17-10-12-18(27-3)13-11-17)22(26)25-20-19(28-4)15-16(2)24-23(20)29-5/h10-13,15,21H,6-9,14H2,1-5H3,(H,25,26). The van der Waals surface area contributed by atoms with Crippen LogP contribution in [0.2, 0.25) is 0 Å². The van der Waals surface area contributed by atoms with Crippen molar-refractivity contribution in [1.82, 2.24) is 4.98 Å². The van der Waals surface area contributed by atoms with Crippen LogP contribution in [0, 0.1) is 6.92 Å². The van der Waals surface area contributed by atoms with Crippen LogP contribution in [0.4, 0.5) is 5.69 Å². The summed E-state index contributed by atoms with van der Waals surface area (Å²) in [5, 5.41) is 3.77. The molecule has 0 radical (unpaired) electrons. The summed E-state index contributed by atoms with van der Waals surface area (Å²) in [6.45, 7) is 4.19. The van der Waals surface area contributed by atoms with E-state index in [1.165, 1.54) is 19.3 Å². The Balaban J connectivity index is 2.25. The molecule has 0 bridgehead atoms. The Morgan fingerprint density at radius 1 is 1.13 bits per heavy atom. The van der Waals surface area contributed by atoms with Gasteiger partial charge in [-0.25, -0.2) is 4.98 Å². The highest BCUT2D eigenvalue weighted by molar-refractivity contribution is 8.00. The zero-order valence-corrected chi connectivity index (χ0v) is 20.9. The van der Waals surface area contributed by atoms with Crippen LogP contribution >= 0.6 is 35.3 Å². The van der Waals surface area contributed by atoms with Crippen molar-refractivity contribution >= 4 is 46.9 Å². The number of nitrogens with one attached hydrogen (secondary N) is 1. The molecule has 1 N–H and O–H groups in total. The number of anilines is 1. The van der Waals surface area contributed by atoms with Crippen LogP contribution in [0.25, 0.3) is 0 Å². The normalized spacial score (nSPS) is 11.9. The second kappa shape index (κ2) is 13.2. The van der Waals surface area contributed by atoms with E-state index in [1.54, 1.807) is 42.4 Å². The van der Waals surface area contributed by atoms with Gasteiger partial charge >= 0.3 is 0 Å². The fraction of sp³-hybridized carbons (Fsp3) is 0.478. The fourth-order valence-electron chi connectivity index (χ4n) is 3.06. The molecule has 0 saturated carbocycles. The number of amides is 1. The number of aryl methyl sites for hydroxylation is 1. The lowest BCUT2D eigenvalue weighted by atomic mass is 10.1. The van der Waals surface area contributed by atoms with E-state index in [2.05, 4.69) is 17.2 Å². The number of benzene rings is 1. The number of aromatic nitrogens is 1. The number of thioether (sulfide) groups is 3. The molecule has 2 rings (SSSR count). The number of rotatable bonds is 12. The number of nitrogens with zero attached hydrogens (tertiary/aromatic N) is 1. The second-order valence-electron chi connectivity index (χ2n) is 6.92. The summed E-state index contributed by atoms with van der Waals surface area (Å²) in [4.78, 5) is 19.1. The first-order valence-corrected chi connectivity index (χ1v) is 13.7. The molecule has 1 unspecified atom stereocenters. The first-order valence-electron chi connectivity index (χ1n) is 10.2. The van der Waals surface area contributed by atoms with E-state index in [0.29, 0.717) is 0 Å². The van der Waals surface area contributed by atoms with Gasteiger partial charge in [0.15, 0.2) is 0 Å². The summed E-state index contributed by atoms with van der Waals surface area (Å²) >= 11 is 4.90. The molecule has 1 aromatic heterocycles. The number of hydrogen-bond donors (Lipinski definition) is 1. The summed E-state index contributed by atoms with van der Waals surface area (Å²) in [6, 6.07) is 9.84. The average molecular weight is 465 g/mol. The molecule has 0 spiro atoms. The third-order valence-corrected chi connectivity index (χ3v) is 7.47. The van der Waals surface area contributed by atoms with Crippen LogP contribution in [0.1, 0.15) is 49.1 Å². The predicted octanol–water partition coefficient (Wildman–Crippen LogP) is 6.84. The van der Waals surface area contributed by atoms with E-state index in [-0.39, 0.29) is 11.2 Å². The van der Waals surface area contributed by atoms with Gasteiger partial charge in [-0.3, -0.25) is 4.79 Å². The number of carbonyl (C=O) groups excluding carboxylic acids is 1. The van der Waals surface area contributed by atoms with Gasteiger partial charge in [0.1, 0.15) is 16.0 Å². The highest BCUT2D eigenvalue weighted by Gasteiger charge is 2.24. The maximum atomic E-state index is 13.4. The predicted molar refractivity (Wildman–Crippen MR) is 134 cm³/mol. The number of carbonyl (C=O) groups is 1. The largest absolute Gasteiger partial charge is 0.497 e. The van der Waals surface area contributed by atoms with Gasteiger partial charge in [0.2, 0.25) is 5.91 Å². The number of hydrogen-bond acceptors (Lipinski definition) is 6. The highest BCUT2D eigenvalue weighted by Crippen LogP contribution is 2.37. The molecule has 1 heterocycles. The van der Waals surface area contributed by atoms with Crippen LogP contribution < -0.4 is 10.1 Å². The summed E-state index contributed by atoms with van der Waals surface area (Å²) in [5.74, 6) is 1.75. The van der Waals surface area contributed by atoms with Crippen molar-refractivity contribution in [3.05, 3.63) is 41.6 Å². The van der Waals surface area contributed by atoms with Gasteiger partial charge in [-0.05, 0) is 55.4 Å². The molecule has 1 aromatic carbocycles. The minimum Gasteiger partial charge on any atom is -0.497 e. The number of pyridine rings is 1. The van der Waals surface area contributed by atoms with Crippen LogP contribution in [-0.4, -0.2) is 36.3 Å². The second-order valence-corrected chi connectivity index (χ2v) is 9.78. The van der Waals surface area contributed by atoms with Crippen molar-refractivity contribution in [2.75, 3.05) is 30.7 Å². The molecule has 0 aliphatic heterocycles. The van der Waals surface area contributed by atoms with Gasteiger partial charge in [0.05, 0.1) is 12.8 Å². The fourth-order valence-corrected chi connectivity index (χ4v) is 5.53. The molecular weight excluding hydrogens is 432 g/mol. The minimum atomic E-state index is -0.275. The van der Waals surface area contributed by atoms with Crippen LogP contribution in [0.5, 0.6) is 5.75 Å².